The molecule has 1 aromatic heterocycles. The van der Waals surface area contributed by atoms with E-state index in [1.54, 1.807) is 17.1 Å². The van der Waals surface area contributed by atoms with Gasteiger partial charge in [-0.1, -0.05) is 11.8 Å². The summed E-state index contributed by atoms with van der Waals surface area (Å²) in [4.78, 5) is 22.4. The predicted molar refractivity (Wildman–Crippen MR) is 106 cm³/mol. The average Bonchev–Trinajstić information content (AvgIpc) is 3.27. The minimum atomic E-state index is -1.03. The maximum atomic E-state index is 11.7. The molecule has 1 fully saturated rings. The molecule has 146 valence electrons. The van der Waals surface area contributed by atoms with Gasteiger partial charge in [-0.25, -0.2) is 0 Å². The Hall–Kier alpha value is -3.14. The molecule has 9 nitrogen and oxygen atoms in total. The number of thioether (sulfide) groups is 1. The number of aromatic nitrogens is 2. The van der Waals surface area contributed by atoms with Crippen LogP contribution in [0.3, 0.4) is 0 Å². The predicted octanol–water partition coefficient (Wildman–Crippen LogP) is 1.73. The Morgan fingerprint density at radius 3 is 3.07 bits per heavy atom. The van der Waals surface area contributed by atoms with Crippen molar-refractivity contribution in [2.24, 2.45) is 10.2 Å². The summed E-state index contributed by atoms with van der Waals surface area (Å²) in [6.07, 6.45) is 4.89. The Bertz CT molecular complexity index is 911. The fourth-order valence-corrected chi connectivity index (χ4v) is 3.48. The second-order valence-electron chi connectivity index (χ2n) is 5.85. The molecule has 0 spiro atoms. The summed E-state index contributed by atoms with van der Waals surface area (Å²) in [5.41, 5.74) is 1.76. The molecule has 3 rings (SSSR count). The molecule has 0 aliphatic carbocycles. The highest BCUT2D eigenvalue weighted by Crippen LogP contribution is 2.23. The zero-order valence-corrected chi connectivity index (χ0v) is 15.9. The molecule has 1 saturated heterocycles. The topological polar surface area (TPSA) is 118 Å². The van der Waals surface area contributed by atoms with Gasteiger partial charge in [0.1, 0.15) is 11.0 Å². The van der Waals surface area contributed by atoms with Gasteiger partial charge in [-0.15, -0.1) is 5.10 Å². The number of aliphatic carboxylic acids is 1. The van der Waals surface area contributed by atoms with Crippen molar-refractivity contribution in [2.45, 2.75) is 25.1 Å². The molecule has 1 atom stereocenters. The molecule has 1 aliphatic heterocycles. The number of hydrogen-bond acceptors (Lipinski definition) is 7. The van der Waals surface area contributed by atoms with Crippen LogP contribution in [0.15, 0.2) is 46.9 Å². The quantitative estimate of drug-likeness (QED) is 0.514. The van der Waals surface area contributed by atoms with Crippen molar-refractivity contribution in [1.82, 2.24) is 15.1 Å². The monoisotopic (exact) mass is 401 g/mol. The first-order valence-electron chi connectivity index (χ1n) is 8.58. The third kappa shape index (κ3) is 5.19. The number of amides is 1. The molecule has 2 N–H and O–H groups in total. The molecule has 0 radical (unpaired) electrons. The molecular weight excluding hydrogens is 382 g/mol. The molecule has 2 aromatic rings. The zero-order chi connectivity index (χ0) is 19.9. The number of rotatable bonds is 8. The van der Waals surface area contributed by atoms with Gasteiger partial charge in [0.2, 0.25) is 5.91 Å². The van der Waals surface area contributed by atoms with E-state index in [0.29, 0.717) is 13.2 Å². The second kappa shape index (κ2) is 9.18. The molecule has 0 saturated carbocycles. The lowest BCUT2D eigenvalue weighted by molar-refractivity contribution is -0.138. The molecule has 10 heteroatoms. The number of hydrogen-bond donors (Lipinski definition) is 2. The van der Waals surface area contributed by atoms with Crippen molar-refractivity contribution in [3.8, 4) is 5.75 Å². The molecule has 2 heterocycles. The molecule has 0 bridgehead atoms. The van der Waals surface area contributed by atoms with Crippen molar-refractivity contribution < 1.29 is 19.4 Å². The number of carboxylic acids is 1. The largest absolute Gasteiger partial charge is 0.494 e. The number of carbonyl (C=O) groups is 2. The number of benzene rings is 1. The van der Waals surface area contributed by atoms with Gasteiger partial charge in [-0.05, 0) is 36.8 Å². The van der Waals surface area contributed by atoms with E-state index in [2.05, 4.69) is 20.6 Å². The number of amidine groups is 1. The van der Waals surface area contributed by atoms with Crippen LogP contribution in [-0.2, 0) is 16.1 Å². The van der Waals surface area contributed by atoms with Crippen LogP contribution in [0.5, 0.6) is 5.75 Å². The SMILES string of the molecule is CCOc1ccc(C=NN=C2NC(=O)C(CC(=O)O)S2)cc1Cn1cccn1. The normalized spacial score (nSPS) is 18.0. The third-order valence-electron chi connectivity index (χ3n) is 3.77. The smallest absolute Gasteiger partial charge is 0.305 e. The van der Waals surface area contributed by atoms with E-state index >= 15 is 0 Å². The van der Waals surface area contributed by atoms with Gasteiger partial charge in [-0.2, -0.15) is 10.2 Å². The molecular formula is C18H19N5O4S. The molecule has 1 amide bonds. The lowest BCUT2D eigenvalue weighted by Gasteiger charge is -2.11. The van der Waals surface area contributed by atoms with Crippen molar-refractivity contribution >= 4 is 35.0 Å². The summed E-state index contributed by atoms with van der Waals surface area (Å²) in [6, 6.07) is 7.51. The standard InChI is InChI=1S/C18H19N5O4S/c1-2-27-14-5-4-12(8-13(14)11-23-7-3-6-20-23)10-19-22-18-21-17(26)15(28-18)9-16(24)25/h3-8,10,15H,2,9,11H2,1H3,(H,24,25)(H,21,22,26). The third-order valence-corrected chi connectivity index (χ3v) is 4.84. The van der Waals surface area contributed by atoms with Gasteiger partial charge in [-0.3, -0.25) is 14.3 Å². The lowest BCUT2D eigenvalue weighted by atomic mass is 10.1. The van der Waals surface area contributed by atoms with E-state index in [0.717, 1.165) is 28.6 Å². The van der Waals surface area contributed by atoms with E-state index in [1.807, 2.05) is 37.4 Å². The fraction of sp³-hybridized carbons (Fsp3) is 0.278. The van der Waals surface area contributed by atoms with E-state index < -0.39 is 11.2 Å². The Labute approximate surface area is 165 Å². The minimum absolute atomic E-state index is 0.255. The summed E-state index contributed by atoms with van der Waals surface area (Å²) in [5.74, 6) is -0.628. The second-order valence-corrected chi connectivity index (χ2v) is 7.04. The summed E-state index contributed by atoms with van der Waals surface area (Å²) in [6.45, 7) is 3.04. The first-order valence-corrected chi connectivity index (χ1v) is 9.46. The number of nitrogens with zero attached hydrogens (tertiary/aromatic N) is 4. The number of carbonyl (C=O) groups excluding carboxylic acids is 1. The maximum absolute atomic E-state index is 11.7. The first-order chi connectivity index (χ1) is 13.5. The van der Waals surface area contributed by atoms with E-state index in [-0.39, 0.29) is 17.5 Å². The van der Waals surface area contributed by atoms with Crippen LogP contribution < -0.4 is 10.1 Å². The van der Waals surface area contributed by atoms with E-state index in [4.69, 9.17) is 9.84 Å². The van der Waals surface area contributed by atoms with Gasteiger partial charge in [0.05, 0.1) is 25.8 Å². The Kier molecular flexibility index (Phi) is 6.43. The van der Waals surface area contributed by atoms with Crippen molar-refractivity contribution in [3.63, 3.8) is 0 Å². The van der Waals surface area contributed by atoms with Gasteiger partial charge >= 0.3 is 5.97 Å². The summed E-state index contributed by atoms with van der Waals surface area (Å²) >= 11 is 1.06. The number of ether oxygens (including phenoxy) is 1. The van der Waals surface area contributed by atoms with Gasteiger partial charge in [0.25, 0.3) is 0 Å². The van der Waals surface area contributed by atoms with Crippen LogP contribution >= 0.6 is 11.8 Å². The van der Waals surface area contributed by atoms with Crippen LogP contribution in [0.2, 0.25) is 0 Å². The summed E-state index contributed by atoms with van der Waals surface area (Å²) < 4.78 is 7.47. The lowest BCUT2D eigenvalue weighted by Crippen LogP contribution is -2.26. The van der Waals surface area contributed by atoms with Gasteiger partial charge in [0, 0.05) is 18.0 Å². The summed E-state index contributed by atoms with van der Waals surface area (Å²) in [5, 5.41) is 23.1. The number of carboxylic acid groups (broad SMARTS) is 1. The fourth-order valence-electron chi connectivity index (χ4n) is 2.56. The average molecular weight is 401 g/mol. The highest BCUT2D eigenvalue weighted by atomic mass is 32.2. The highest BCUT2D eigenvalue weighted by molar-refractivity contribution is 8.15. The Balaban J connectivity index is 1.71. The zero-order valence-electron chi connectivity index (χ0n) is 15.1. The maximum Gasteiger partial charge on any atom is 0.305 e. The van der Waals surface area contributed by atoms with Gasteiger partial charge < -0.3 is 15.2 Å². The van der Waals surface area contributed by atoms with Crippen molar-refractivity contribution in [3.05, 3.63) is 47.8 Å². The van der Waals surface area contributed by atoms with Crippen molar-refractivity contribution in [2.75, 3.05) is 6.61 Å². The van der Waals surface area contributed by atoms with Gasteiger partial charge in [0.15, 0.2) is 5.17 Å². The van der Waals surface area contributed by atoms with Crippen LogP contribution in [0.1, 0.15) is 24.5 Å². The molecule has 28 heavy (non-hydrogen) atoms. The molecule has 1 aliphatic rings. The van der Waals surface area contributed by atoms with E-state index in [9.17, 15) is 9.59 Å². The molecule has 1 aromatic carbocycles. The van der Waals surface area contributed by atoms with Crippen LogP contribution in [0, 0.1) is 0 Å². The molecule has 1 unspecified atom stereocenters. The Morgan fingerprint density at radius 2 is 2.36 bits per heavy atom. The minimum Gasteiger partial charge on any atom is -0.494 e. The van der Waals surface area contributed by atoms with Crippen LogP contribution in [0.4, 0.5) is 0 Å². The Morgan fingerprint density at radius 1 is 1.50 bits per heavy atom. The van der Waals surface area contributed by atoms with E-state index in [1.165, 1.54) is 0 Å². The number of nitrogens with one attached hydrogen (secondary N) is 1. The van der Waals surface area contributed by atoms with Crippen molar-refractivity contribution in [1.29, 1.82) is 0 Å². The van der Waals surface area contributed by atoms with Crippen LogP contribution in [0.25, 0.3) is 0 Å². The highest BCUT2D eigenvalue weighted by Gasteiger charge is 2.32. The first kappa shape index (κ1) is 19.6. The summed E-state index contributed by atoms with van der Waals surface area (Å²) in [7, 11) is 0. The van der Waals surface area contributed by atoms with Crippen LogP contribution in [-0.4, -0.2) is 50.0 Å².